The molecule has 0 bridgehead atoms. The molecule has 0 radical (unpaired) electrons. The summed E-state index contributed by atoms with van der Waals surface area (Å²) in [5.74, 6) is 1.47. The van der Waals surface area contributed by atoms with E-state index >= 15 is 0 Å². The maximum absolute atomic E-state index is 4.19. The third kappa shape index (κ3) is 5.31. The summed E-state index contributed by atoms with van der Waals surface area (Å²) in [7, 11) is 1.97. The first-order valence-corrected chi connectivity index (χ1v) is 6.26. The second kappa shape index (κ2) is 6.69. The van der Waals surface area contributed by atoms with Crippen LogP contribution < -0.4 is 5.32 Å². The Morgan fingerprint density at radius 2 is 2.12 bits per heavy atom. The Morgan fingerprint density at radius 1 is 1.38 bits per heavy atom. The van der Waals surface area contributed by atoms with Crippen molar-refractivity contribution in [2.45, 2.75) is 33.6 Å². The van der Waals surface area contributed by atoms with Gasteiger partial charge >= 0.3 is 0 Å². The number of hydrogen-bond acceptors (Lipinski definition) is 2. The van der Waals surface area contributed by atoms with Crippen LogP contribution in [0.3, 0.4) is 0 Å². The Labute approximate surface area is 99.2 Å². The van der Waals surface area contributed by atoms with Crippen LogP contribution in [0.15, 0.2) is 12.4 Å². The van der Waals surface area contributed by atoms with Crippen LogP contribution in [0.4, 0.5) is 0 Å². The first-order chi connectivity index (χ1) is 7.58. The number of nitrogens with one attached hydrogen (secondary N) is 1. The third-order valence-corrected chi connectivity index (χ3v) is 2.71. The molecule has 3 heteroatoms. The highest BCUT2D eigenvalue weighted by Gasteiger charge is 2.05. The molecule has 1 unspecified atom stereocenters. The molecule has 1 heterocycles. The zero-order valence-corrected chi connectivity index (χ0v) is 11.0. The van der Waals surface area contributed by atoms with Gasteiger partial charge < -0.3 is 5.32 Å². The van der Waals surface area contributed by atoms with Crippen molar-refractivity contribution in [2.24, 2.45) is 18.9 Å². The quantitative estimate of drug-likeness (QED) is 0.718. The molecule has 1 atom stereocenters. The molecule has 0 aromatic carbocycles. The Morgan fingerprint density at radius 3 is 2.69 bits per heavy atom. The van der Waals surface area contributed by atoms with Gasteiger partial charge in [-0.3, -0.25) is 4.68 Å². The molecule has 3 nitrogen and oxygen atoms in total. The smallest absolute Gasteiger partial charge is 0.0521 e. The summed E-state index contributed by atoms with van der Waals surface area (Å²) in [5.41, 5.74) is 1.35. The molecule has 1 N–H and O–H groups in total. The van der Waals surface area contributed by atoms with Gasteiger partial charge in [-0.2, -0.15) is 5.10 Å². The minimum atomic E-state index is 0.726. The fourth-order valence-corrected chi connectivity index (χ4v) is 1.82. The normalized spacial score (nSPS) is 13.3. The zero-order valence-electron chi connectivity index (χ0n) is 11.0. The first-order valence-electron chi connectivity index (χ1n) is 6.26. The predicted octanol–water partition coefficient (Wildman–Crippen LogP) is 2.23. The van der Waals surface area contributed by atoms with Crippen molar-refractivity contribution < 1.29 is 0 Å². The molecular weight excluding hydrogens is 198 g/mol. The Kier molecular flexibility index (Phi) is 5.53. The predicted molar refractivity (Wildman–Crippen MR) is 68.4 cm³/mol. The number of hydrogen-bond donors (Lipinski definition) is 1. The summed E-state index contributed by atoms with van der Waals surface area (Å²) in [6.45, 7) is 9.04. The van der Waals surface area contributed by atoms with Crippen LogP contribution in [0.25, 0.3) is 0 Å². The van der Waals surface area contributed by atoms with Gasteiger partial charge in [0, 0.05) is 13.2 Å². The lowest BCUT2D eigenvalue weighted by Crippen LogP contribution is -2.22. The maximum Gasteiger partial charge on any atom is 0.0521 e. The van der Waals surface area contributed by atoms with E-state index < -0.39 is 0 Å². The molecular formula is C13H25N3. The summed E-state index contributed by atoms with van der Waals surface area (Å²) in [6, 6.07) is 0. The van der Waals surface area contributed by atoms with Gasteiger partial charge in [-0.05, 0) is 43.3 Å². The Balaban J connectivity index is 2.13. The average Bonchev–Trinajstić information content (AvgIpc) is 2.58. The molecule has 92 valence electrons. The number of aryl methyl sites for hydroxylation is 1. The molecule has 0 amide bonds. The van der Waals surface area contributed by atoms with Gasteiger partial charge in [0.25, 0.3) is 0 Å². The summed E-state index contributed by atoms with van der Waals surface area (Å²) in [4.78, 5) is 0. The first kappa shape index (κ1) is 13.2. The van der Waals surface area contributed by atoms with Crippen LogP contribution in [0, 0.1) is 11.8 Å². The van der Waals surface area contributed by atoms with E-state index in [0.717, 1.165) is 31.3 Å². The fraction of sp³-hybridized carbons (Fsp3) is 0.769. The van der Waals surface area contributed by atoms with Crippen molar-refractivity contribution in [2.75, 3.05) is 13.1 Å². The van der Waals surface area contributed by atoms with Crippen LogP contribution in [0.2, 0.25) is 0 Å². The second-order valence-electron chi connectivity index (χ2n) is 5.22. The van der Waals surface area contributed by atoms with Crippen molar-refractivity contribution in [1.29, 1.82) is 0 Å². The fourth-order valence-electron chi connectivity index (χ4n) is 1.82. The largest absolute Gasteiger partial charge is 0.316 e. The van der Waals surface area contributed by atoms with Crippen LogP contribution in [0.5, 0.6) is 0 Å². The summed E-state index contributed by atoms with van der Waals surface area (Å²) >= 11 is 0. The average molecular weight is 223 g/mol. The van der Waals surface area contributed by atoms with Crippen LogP contribution >= 0.6 is 0 Å². The standard InChI is InChI=1S/C13H25N3/c1-11(2)8-14-6-5-12(3)7-13-9-15-16(4)10-13/h9-12,14H,5-8H2,1-4H3. The van der Waals surface area contributed by atoms with E-state index in [0.29, 0.717) is 0 Å². The van der Waals surface area contributed by atoms with Gasteiger partial charge in [0.1, 0.15) is 0 Å². The van der Waals surface area contributed by atoms with Crippen LogP contribution in [-0.4, -0.2) is 22.9 Å². The minimum Gasteiger partial charge on any atom is -0.316 e. The van der Waals surface area contributed by atoms with Gasteiger partial charge in [0.2, 0.25) is 0 Å². The van der Waals surface area contributed by atoms with E-state index in [9.17, 15) is 0 Å². The highest BCUT2D eigenvalue weighted by Crippen LogP contribution is 2.10. The SMILES string of the molecule is CC(C)CNCCC(C)Cc1cnn(C)c1. The molecule has 1 aromatic rings. The van der Waals surface area contributed by atoms with Crippen molar-refractivity contribution >= 4 is 0 Å². The monoisotopic (exact) mass is 223 g/mol. The van der Waals surface area contributed by atoms with Gasteiger partial charge in [-0.25, -0.2) is 0 Å². The summed E-state index contributed by atoms with van der Waals surface area (Å²) < 4.78 is 1.87. The molecule has 0 aliphatic carbocycles. The molecule has 1 rings (SSSR count). The summed E-state index contributed by atoms with van der Waals surface area (Å²) in [6.07, 6.45) is 6.45. The topological polar surface area (TPSA) is 29.9 Å². The van der Waals surface area contributed by atoms with E-state index in [1.54, 1.807) is 0 Å². The van der Waals surface area contributed by atoms with Crippen molar-refractivity contribution in [1.82, 2.24) is 15.1 Å². The molecule has 0 aliphatic heterocycles. The number of nitrogens with zero attached hydrogens (tertiary/aromatic N) is 2. The molecule has 0 saturated carbocycles. The zero-order chi connectivity index (χ0) is 12.0. The van der Waals surface area contributed by atoms with Gasteiger partial charge in [0.15, 0.2) is 0 Å². The highest BCUT2D eigenvalue weighted by atomic mass is 15.2. The molecule has 0 saturated heterocycles. The van der Waals surface area contributed by atoms with E-state index in [1.165, 1.54) is 12.0 Å². The number of aromatic nitrogens is 2. The molecule has 16 heavy (non-hydrogen) atoms. The van der Waals surface area contributed by atoms with Gasteiger partial charge in [-0.1, -0.05) is 20.8 Å². The molecule has 1 aromatic heterocycles. The highest BCUT2D eigenvalue weighted by molar-refractivity contribution is 5.04. The van der Waals surface area contributed by atoms with E-state index in [4.69, 9.17) is 0 Å². The lowest BCUT2D eigenvalue weighted by Gasteiger charge is -2.12. The van der Waals surface area contributed by atoms with Gasteiger partial charge in [-0.15, -0.1) is 0 Å². The van der Waals surface area contributed by atoms with Crippen LogP contribution in [-0.2, 0) is 13.5 Å². The molecule has 0 fully saturated rings. The molecule has 0 spiro atoms. The second-order valence-corrected chi connectivity index (χ2v) is 5.22. The van der Waals surface area contributed by atoms with E-state index in [-0.39, 0.29) is 0 Å². The van der Waals surface area contributed by atoms with Crippen LogP contribution in [0.1, 0.15) is 32.8 Å². The number of rotatable bonds is 7. The van der Waals surface area contributed by atoms with Crippen molar-refractivity contribution in [3.63, 3.8) is 0 Å². The lowest BCUT2D eigenvalue weighted by molar-refractivity contribution is 0.474. The Bertz CT molecular complexity index is 291. The van der Waals surface area contributed by atoms with E-state index in [2.05, 4.69) is 37.4 Å². The Hall–Kier alpha value is -0.830. The summed E-state index contributed by atoms with van der Waals surface area (Å²) in [5, 5.41) is 7.68. The van der Waals surface area contributed by atoms with Gasteiger partial charge in [0.05, 0.1) is 6.20 Å². The maximum atomic E-state index is 4.19. The lowest BCUT2D eigenvalue weighted by atomic mass is 10.0. The van der Waals surface area contributed by atoms with E-state index in [1.807, 2.05) is 17.9 Å². The molecule has 0 aliphatic rings. The minimum absolute atomic E-state index is 0.726. The van der Waals surface area contributed by atoms with Crippen molar-refractivity contribution in [3.8, 4) is 0 Å². The van der Waals surface area contributed by atoms with Crippen molar-refractivity contribution in [3.05, 3.63) is 18.0 Å². The third-order valence-electron chi connectivity index (χ3n) is 2.71.